The van der Waals surface area contributed by atoms with E-state index in [1.54, 1.807) is 41.5 Å². The number of hydrogen-bond donors (Lipinski definition) is 23. The molecule has 0 aliphatic carbocycles. The second-order valence-corrected chi connectivity index (χ2v) is 26.2. The number of aliphatic hydroxyl groups excluding tert-OH is 1. The topological polar surface area (TPSA) is 690 Å². The van der Waals surface area contributed by atoms with Crippen LogP contribution in [0.1, 0.15) is 132 Å². The lowest BCUT2D eigenvalue weighted by atomic mass is 9.95. The van der Waals surface area contributed by atoms with Crippen molar-refractivity contribution in [3.8, 4) is 5.75 Å². The summed E-state index contributed by atoms with van der Waals surface area (Å²) in [6.07, 6.45) is -2.19. The first kappa shape index (κ1) is 93.2. The van der Waals surface area contributed by atoms with Gasteiger partial charge in [0.2, 0.25) is 82.7 Å². The summed E-state index contributed by atoms with van der Waals surface area (Å²) in [4.78, 5) is 228. The van der Waals surface area contributed by atoms with E-state index in [4.69, 9.17) is 28.7 Å². The summed E-state index contributed by atoms with van der Waals surface area (Å²) in [5.41, 5.74) is 28.1. The number of rotatable bonds is 51. The number of guanidine groups is 1. The van der Waals surface area contributed by atoms with Crippen molar-refractivity contribution in [2.45, 2.75) is 199 Å². The van der Waals surface area contributed by atoms with E-state index in [2.05, 4.69) is 74.1 Å². The lowest BCUT2D eigenvalue weighted by molar-refractivity contribution is -0.142. The maximum Gasteiger partial charge on any atom is 0.326 e. The molecular weight excluding hydrogens is 1400 g/mol. The maximum atomic E-state index is 14.1. The molecule has 0 spiro atoms. The number of aliphatic carboxylic acids is 3. The van der Waals surface area contributed by atoms with Crippen molar-refractivity contribution in [3.05, 3.63) is 29.8 Å². The van der Waals surface area contributed by atoms with E-state index >= 15 is 0 Å². The fourth-order valence-corrected chi connectivity index (χ4v) is 9.91. The average molecular weight is 1510 g/mol. The number of primary amides is 1. The van der Waals surface area contributed by atoms with Crippen molar-refractivity contribution in [1.29, 1.82) is 0 Å². The number of carboxylic acids is 3. The number of nitrogens with two attached hydrogens (primary N) is 5. The third-order valence-electron chi connectivity index (χ3n) is 16.0. The Morgan fingerprint density at radius 1 is 0.462 bits per heavy atom. The van der Waals surface area contributed by atoms with Gasteiger partial charge in [-0.3, -0.25) is 81.7 Å². The second-order valence-electron chi connectivity index (χ2n) is 26.2. The molecule has 14 amide bonds. The van der Waals surface area contributed by atoms with Gasteiger partial charge in [-0.05, 0) is 86.4 Å². The van der Waals surface area contributed by atoms with Crippen LogP contribution in [-0.2, 0) is 87.9 Å². The Morgan fingerprint density at radius 2 is 0.906 bits per heavy atom. The molecule has 0 unspecified atom stereocenters. The van der Waals surface area contributed by atoms with Crippen LogP contribution in [0.15, 0.2) is 29.3 Å². The molecule has 0 heterocycles. The van der Waals surface area contributed by atoms with E-state index in [0.717, 1.165) is 0 Å². The van der Waals surface area contributed by atoms with Gasteiger partial charge in [0.05, 0.1) is 45.1 Å². The largest absolute Gasteiger partial charge is 0.508 e. The van der Waals surface area contributed by atoms with E-state index in [9.17, 15) is 107 Å². The molecular formula is C65H107N19O22. The molecule has 594 valence electrons. The van der Waals surface area contributed by atoms with Crippen LogP contribution in [0, 0.1) is 23.7 Å². The van der Waals surface area contributed by atoms with Gasteiger partial charge >= 0.3 is 17.9 Å². The van der Waals surface area contributed by atoms with Gasteiger partial charge in [0.15, 0.2) is 5.96 Å². The van der Waals surface area contributed by atoms with E-state index < -0.39 is 237 Å². The molecule has 0 saturated carbocycles. The summed E-state index contributed by atoms with van der Waals surface area (Å²) in [5, 5.41) is 79.2. The highest BCUT2D eigenvalue weighted by Gasteiger charge is 2.38. The average Bonchev–Trinajstić information content (AvgIpc) is 0.864. The van der Waals surface area contributed by atoms with Crippen LogP contribution in [0.4, 0.5) is 0 Å². The molecule has 0 aliphatic heterocycles. The summed E-state index contributed by atoms with van der Waals surface area (Å²) in [6.45, 7) is 9.29. The van der Waals surface area contributed by atoms with Gasteiger partial charge < -0.3 is 123 Å². The zero-order valence-corrected chi connectivity index (χ0v) is 60.7. The number of amides is 14. The number of carbonyl (C=O) groups excluding carboxylic acids is 14. The molecule has 1 rings (SSSR count). The number of phenols is 1. The lowest BCUT2D eigenvalue weighted by Gasteiger charge is -2.30. The lowest BCUT2D eigenvalue weighted by Crippen LogP contribution is -2.61. The summed E-state index contributed by atoms with van der Waals surface area (Å²) in [7, 11) is 0. The quantitative estimate of drug-likeness (QED) is 0.0164. The number of unbranched alkanes of at least 4 members (excludes halogenated alkanes) is 1. The number of nitrogens with zero attached hydrogens (tertiary/aromatic N) is 1. The van der Waals surface area contributed by atoms with Crippen LogP contribution < -0.4 is 97.8 Å². The van der Waals surface area contributed by atoms with Gasteiger partial charge in [-0.15, -0.1) is 0 Å². The molecule has 1 aromatic rings. The van der Waals surface area contributed by atoms with Crippen LogP contribution in [-0.4, -0.2) is 238 Å². The molecule has 0 saturated heterocycles. The SMILES string of the molecule is CC[C@H](C)[C@H](NC(=O)[C@H](CC(C)C)NC(=O)[C@H](CO)NC(=O)[C@H](CC(N)=O)NC(=O)CNC(=O)[C@H](CC(=O)O)NC(=O)[C@@H](NC(=O)[C@H](CCCN=C(N)N)NC(=O)[C@H](CCC(=O)O)NC(=O)CNC(=O)[C@@H](N)CCCCN)C(C)C)C(=O)N[C@H](C(=O)NCC(=O)N[C@@H](Cc1ccc(O)cc1)C(=O)O)C(C)C. The zero-order chi connectivity index (χ0) is 80.7. The number of carboxylic acid groups (broad SMARTS) is 3. The van der Waals surface area contributed by atoms with Gasteiger partial charge in [-0.2, -0.15) is 0 Å². The van der Waals surface area contributed by atoms with Crippen molar-refractivity contribution >= 4 is 107 Å². The van der Waals surface area contributed by atoms with Crippen molar-refractivity contribution in [2.24, 2.45) is 57.3 Å². The molecule has 0 fully saturated rings. The van der Waals surface area contributed by atoms with Crippen molar-refractivity contribution in [1.82, 2.24) is 69.1 Å². The number of phenolic OH excluding ortho intramolecular Hbond substituents is 1. The Kier molecular flexibility index (Phi) is 42.4. The van der Waals surface area contributed by atoms with Gasteiger partial charge in [-0.1, -0.05) is 80.4 Å². The third kappa shape index (κ3) is 36.5. The Balaban J connectivity index is 3.31. The Morgan fingerprint density at radius 3 is 1.42 bits per heavy atom. The third-order valence-corrected chi connectivity index (χ3v) is 16.0. The molecule has 12 atom stereocenters. The van der Waals surface area contributed by atoms with Crippen LogP contribution in [0.2, 0.25) is 0 Å². The van der Waals surface area contributed by atoms with Crippen LogP contribution in [0.3, 0.4) is 0 Å². The number of aliphatic imine (C=N–C) groups is 1. The summed E-state index contributed by atoms with van der Waals surface area (Å²) < 4.78 is 0. The highest BCUT2D eigenvalue weighted by molar-refractivity contribution is 6.00. The first-order valence-corrected chi connectivity index (χ1v) is 34.3. The van der Waals surface area contributed by atoms with E-state index in [1.165, 1.54) is 38.1 Å². The van der Waals surface area contributed by atoms with Gasteiger partial charge in [0, 0.05) is 19.4 Å². The molecule has 1 aromatic carbocycles. The minimum Gasteiger partial charge on any atom is -0.508 e. The van der Waals surface area contributed by atoms with E-state index in [0.29, 0.717) is 24.9 Å². The van der Waals surface area contributed by atoms with Crippen molar-refractivity contribution in [3.63, 3.8) is 0 Å². The molecule has 0 aliphatic rings. The zero-order valence-electron chi connectivity index (χ0n) is 60.7. The smallest absolute Gasteiger partial charge is 0.326 e. The van der Waals surface area contributed by atoms with Gasteiger partial charge in [0.25, 0.3) is 0 Å². The Labute approximate surface area is 611 Å². The second kappa shape index (κ2) is 48.2. The molecule has 28 N–H and O–H groups in total. The molecule has 0 radical (unpaired) electrons. The first-order valence-electron chi connectivity index (χ1n) is 34.3. The van der Waals surface area contributed by atoms with Crippen LogP contribution in [0.25, 0.3) is 0 Å². The number of aromatic hydroxyl groups is 1. The highest BCUT2D eigenvalue weighted by atomic mass is 16.4. The van der Waals surface area contributed by atoms with Crippen LogP contribution >= 0.6 is 0 Å². The predicted octanol–water partition coefficient (Wildman–Crippen LogP) is -7.66. The molecule has 106 heavy (non-hydrogen) atoms. The summed E-state index contributed by atoms with van der Waals surface area (Å²) >= 11 is 0. The molecule has 41 nitrogen and oxygen atoms in total. The van der Waals surface area contributed by atoms with E-state index in [-0.39, 0.29) is 62.7 Å². The minimum absolute atomic E-state index is 0.00960. The number of aliphatic hydroxyl groups is 1. The highest BCUT2D eigenvalue weighted by Crippen LogP contribution is 2.16. The number of nitrogens with one attached hydrogen (secondary N) is 13. The Bertz CT molecular complexity index is 3220. The number of benzene rings is 1. The fourth-order valence-electron chi connectivity index (χ4n) is 9.91. The standard InChI is InChI=1S/C65H107N19O22/c1-9-34(8)53(63(104)83-51(32(4)5)61(102)74-29-48(90)77-43(64(105)106)24-35-15-17-36(86)18-16-35)84-59(100)40(23-31(2)3)79-60(101)44(30-85)81-58(99)41(25-45(68)87)76-47(89)28-73-55(96)42(26-50(93)94)80-62(103)52(33(6)7)82-57(98)38(14-12-22-71-65(69)70)78-56(97)39(19-20-49(91)92)75-46(88)27-72-54(95)37(67)13-10-11-21-66/h15-18,31-34,37-44,51-53,85-86H,9-14,19-30,66-67H2,1-8H3,(H2,68,87)(H,72,95)(H,73,96)(H,74,102)(H,75,88)(H,76,89)(H,77,90)(H,78,97)(H,79,101)(H,80,103)(H,81,99)(H,82,98)(H,83,104)(H,84,100)(H,91,92)(H,93,94)(H,105,106)(H4,69,70,71)/t34-,37-,38-,39-,40-,41-,42-,43-,44-,51-,52-,53-/m0/s1. The number of hydrogen-bond acceptors (Lipinski definition) is 22. The number of carbonyl (C=O) groups is 17. The van der Waals surface area contributed by atoms with Crippen molar-refractivity contribution < 1.29 is 107 Å². The fraction of sp³-hybridized carbons (Fsp3) is 0.631. The molecule has 0 aromatic heterocycles. The van der Waals surface area contributed by atoms with Crippen LogP contribution in [0.5, 0.6) is 5.75 Å². The summed E-state index contributed by atoms with van der Waals surface area (Å²) in [5.74, 6) is -22.1. The maximum absolute atomic E-state index is 14.1. The predicted molar refractivity (Wildman–Crippen MR) is 377 cm³/mol. The van der Waals surface area contributed by atoms with Crippen molar-refractivity contribution in [2.75, 3.05) is 39.3 Å². The molecule has 0 bridgehead atoms. The van der Waals surface area contributed by atoms with Gasteiger partial charge in [-0.25, -0.2) is 4.79 Å². The first-order chi connectivity index (χ1) is 49.6. The minimum atomic E-state index is -2.01. The Hall–Kier alpha value is -10.8. The monoisotopic (exact) mass is 1510 g/mol. The summed E-state index contributed by atoms with van der Waals surface area (Å²) in [6, 6.07) is -11.7. The normalized spacial score (nSPS) is 14.4. The van der Waals surface area contributed by atoms with E-state index in [1.807, 2.05) is 0 Å². The molecule has 41 heteroatoms. The van der Waals surface area contributed by atoms with Gasteiger partial charge in [0.1, 0.15) is 66.2 Å².